The lowest BCUT2D eigenvalue weighted by Gasteiger charge is -2.17. The van der Waals surface area contributed by atoms with Crippen LogP contribution in [-0.2, 0) is 0 Å². The second kappa shape index (κ2) is 4.39. The maximum Gasteiger partial charge on any atom is 0.310 e. The first-order valence-corrected chi connectivity index (χ1v) is 8.54. The summed E-state index contributed by atoms with van der Waals surface area (Å²) in [4.78, 5) is 0. The molecule has 0 fully saturated rings. The molecule has 0 saturated heterocycles. The largest absolute Gasteiger partial charge is 0.310 e. The second-order valence-electron chi connectivity index (χ2n) is 3.15. The fraction of sp³-hybridized carbons (Fsp3) is 0. The van der Waals surface area contributed by atoms with Crippen LogP contribution < -0.4 is 10.4 Å². The zero-order chi connectivity index (χ0) is 12.5. The van der Waals surface area contributed by atoms with Crippen LogP contribution in [0.2, 0.25) is 0 Å². The molecule has 0 radical (unpaired) electrons. The summed E-state index contributed by atoms with van der Waals surface area (Å²) in [5, 5.41) is 1.71. The van der Waals surface area contributed by atoms with Gasteiger partial charge >= 0.3 is 6.69 Å². The number of halogens is 2. The van der Waals surface area contributed by atoms with Gasteiger partial charge in [-0.15, -0.1) is 22.2 Å². The van der Waals surface area contributed by atoms with Crippen LogP contribution >= 0.6 is 22.2 Å². The van der Waals surface area contributed by atoms with Gasteiger partial charge in [-0.2, -0.15) is 0 Å². The Morgan fingerprint density at radius 1 is 0.800 bits per heavy atom. The summed E-state index contributed by atoms with van der Waals surface area (Å²) in [5.41, 5.74) is 0. The van der Waals surface area contributed by atoms with Crippen LogP contribution in [0.15, 0.2) is 60.6 Å². The maximum atomic E-state index is 7.43. The van der Waals surface area contributed by atoms with Crippen molar-refractivity contribution in [3.63, 3.8) is 0 Å². The first-order chi connectivity index (χ1) is 8.00. The Morgan fingerprint density at radius 2 is 1.13 bits per heavy atom. The van der Waals surface area contributed by atoms with E-state index in [2.05, 4.69) is 0 Å². The second-order valence-corrected chi connectivity index (χ2v) is 9.44. The van der Waals surface area contributed by atoms with Crippen LogP contribution in [0.3, 0.4) is 0 Å². The van der Waals surface area contributed by atoms with Gasteiger partial charge in [0.15, 0.2) is 0 Å². The molecule has 0 heterocycles. The van der Waals surface area contributed by atoms with Gasteiger partial charge < -0.3 is 0 Å². The van der Waals surface area contributed by atoms with E-state index in [1.165, 1.54) is 0 Å². The van der Waals surface area contributed by atoms with Gasteiger partial charge in [-0.25, -0.2) is 0 Å². The third kappa shape index (κ3) is 2.25. The first kappa shape index (κ1) is 8.40. The van der Waals surface area contributed by atoms with Crippen molar-refractivity contribution in [1.29, 1.82) is 0 Å². The lowest BCUT2D eigenvalue weighted by molar-refractivity contribution is 1.74. The lowest BCUT2D eigenvalue weighted by atomic mass is 10.4. The Labute approximate surface area is 103 Å². The summed E-state index contributed by atoms with van der Waals surface area (Å²) in [6.07, 6.45) is 0. The van der Waals surface area contributed by atoms with Gasteiger partial charge in [0.2, 0.25) is 0 Å². The van der Waals surface area contributed by atoms with Crippen molar-refractivity contribution in [2.75, 3.05) is 0 Å². The van der Waals surface area contributed by atoms with Crippen LogP contribution in [0.25, 0.3) is 0 Å². The predicted octanol–water partition coefficient (Wildman–Crippen LogP) is 2.72. The van der Waals surface area contributed by atoms with Gasteiger partial charge in [-0.05, 0) is 10.4 Å². The van der Waals surface area contributed by atoms with Crippen molar-refractivity contribution in [1.82, 2.24) is 0 Å². The number of rotatable bonds is 2. The molecule has 0 aromatic heterocycles. The number of benzene rings is 2. The molecule has 0 N–H and O–H groups in total. The summed E-state index contributed by atoms with van der Waals surface area (Å²) in [5.74, 6) is 0. The molecule has 15 heavy (non-hydrogen) atoms. The Hall–Kier alpha value is -0.763. The maximum absolute atomic E-state index is 7.43. The van der Waals surface area contributed by atoms with Gasteiger partial charge in [0.25, 0.3) is 0 Å². The highest BCUT2D eigenvalue weighted by molar-refractivity contribution is 7.56. The summed E-state index contributed by atoms with van der Waals surface area (Å²) < 4.78 is 14.9. The molecule has 2 rings (SSSR count). The van der Waals surface area contributed by atoms with E-state index in [1.807, 2.05) is 0 Å². The van der Waals surface area contributed by atoms with E-state index in [4.69, 9.17) is 24.9 Å². The molecule has 0 nitrogen and oxygen atoms in total. The fourth-order valence-electron chi connectivity index (χ4n) is 1.36. The van der Waals surface area contributed by atoms with Gasteiger partial charge in [0.05, 0.1) is 2.74 Å². The van der Waals surface area contributed by atoms with Gasteiger partial charge in [0, 0.05) is 0 Å². The average molecular weight is 255 g/mol. The van der Waals surface area contributed by atoms with Crippen LogP contribution in [0.5, 0.6) is 0 Å². The van der Waals surface area contributed by atoms with Crippen LogP contribution in [0, 0.1) is 0 Å². The third-order valence-electron chi connectivity index (χ3n) is 2.16. The quantitative estimate of drug-likeness (QED) is 0.571. The summed E-state index contributed by atoms with van der Waals surface area (Å²) >= 11 is 12.9. The highest BCUT2D eigenvalue weighted by Gasteiger charge is 2.32. The molecule has 0 aliphatic heterocycles. The van der Waals surface area contributed by atoms with E-state index in [-0.39, 0.29) is 0 Å². The highest BCUT2D eigenvalue weighted by Crippen LogP contribution is 2.14. The molecule has 2 aromatic rings. The van der Waals surface area contributed by atoms with Crippen molar-refractivity contribution < 1.29 is 2.74 Å². The van der Waals surface area contributed by atoms with E-state index in [0.29, 0.717) is 12.1 Å². The standard InChI is InChI=1S/C12H10Cl2Si/c13-15(14,11-7-3-1-4-8-11)12-9-5-2-6-10-12/h1-10H/i1D,2D. The Kier molecular flexibility index (Phi) is 2.46. The fourth-order valence-corrected chi connectivity index (χ4v) is 4.37. The third-order valence-corrected chi connectivity index (χ3v) is 6.90. The van der Waals surface area contributed by atoms with Crippen molar-refractivity contribution in [2.45, 2.75) is 0 Å². The van der Waals surface area contributed by atoms with Crippen LogP contribution in [0.4, 0.5) is 0 Å². The van der Waals surface area contributed by atoms with Crippen LogP contribution in [-0.4, -0.2) is 6.69 Å². The Bertz CT molecular complexity index is 462. The molecule has 2 aromatic carbocycles. The van der Waals surface area contributed by atoms with Crippen molar-refractivity contribution in [2.24, 2.45) is 0 Å². The van der Waals surface area contributed by atoms with Gasteiger partial charge in [-0.1, -0.05) is 60.6 Å². The van der Waals surface area contributed by atoms with Crippen molar-refractivity contribution in [3.8, 4) is 0 Å². The van der Waals surface area contributed by atoms with E-state index in [0.717, 1.165) is 10.4 Å². The minimum atomic E-state index is -2.72. The van der Waals surface area contributed by atoms with E-state index < -0.39 is 6.69 Å². The average Bonchev–Trinajstić information content (AvgIpc) is 2.30. The molecule has 0 aliphatic rings. The molecule has 0 bridgehead atoms. The normalized spacial score (nSPS) is 13.2. The Balaban J connectivity index is 2.41. The minimum absolute atomic E-state index is 0.438. The zero-order valence-corrected chi connectivity index (χ0v) is 10.4. The molecule has 0 atom stereocenters. The Morgan fingerprint density at radius 3 is 1.47 bits per heavy atom. The number of hydrogen-bond donors (Lipinski definition) is 0. The van der Waals surface area contributed by atoms with Crippen molar-refractivity contribution in [3.05, 3.63) is 60.6 Å². The predicted molar refractivity (Wildman–Crippen MR) is 69.6 cm³/mol. The summed E-state index contributed by atoms with van der Waals surface area (Å²) in [6.45, 7) is -2.72. The highest BCUT2D eigenvalue weighted by atomic mass is 35.7. The van der Waals surface area contributed by atoms with E-state index in [9.17, 15) is 0 Å². The number of hydrogen-bond acceptors (Lipinski definition) is 0. The zero-order valence-electron chi connectivity index (χ0n) is 9.87. The van der Waals surface area contributed by atoms with Gasteiger partial charge in [-0.3, -0.25) is 0 Å². The van der Waals surface area contributed by atoms with Crippen LogP contribution in [0.1, 0.15) is 2.74 Å². The lowest BCUT2D eigenvalue weighted by Crippen LogP contribution is -2.48. The minimum Gasteiger partial charge on any atom is -0.134 e. The molecule has 0 aliphatic carbocycles. The molecule has 0 saturated carbocycles. The molecule has 76 valence electrons. The van der Waals surface area contributed by atoms with E-state index in [1.54, 1.807) is 48.5 Å². The first-order valence-electron chi connectivity index (χ1n) is 5.52. The molecular formula is C12H10Cl2Si. The SMILES string of the molecule is [2H]c1ccc([Si](Cl)(Cl)c2ccc([2H])cc2)cc1. The summed E-state index contributed by atoms with van der Waals surface area (Å²) in [6, 6.07) is 14.8. The topological polar surface area (TPSA) is 0 Å². The summed E-state index contributed by atoms with van der Waals surface area (Å²) in [7, 11) is 0. The molecule has 0 spiro atoms. The molecule has 0 amide bonds. The van der Waals surface area contributed by atoms with Crippen molar-refractivity contribution >= 4 is 39.2 Å². The molecular weight excluding hydrogens is 243 g/mol. The molecule has 3 heteroatoms. The monoisotopic (exact) mass is 254 g/mol. The molecule has 0 unspecified atom stereocenters. The van der Waals surface area contributed by atoms with Gasteiger partial charge in [0.1, 0.15) is 0 Å². The smallest absolute Gasteiger partial charge is 0.134 e. The van der Waals surface area contributed by atoms with E-state index >= 15 is 0 Å².